The van der Waals surface area contributed by atoms with Gasteiger partial charge in [0.1, 0.15) is 18.1 Å². The number of aryl methyl sites for hydroxylation is 1. The maximum Gasteiger partial charge on any atom is 0.169 e. The first kappa shape index (κ1) is 20.6. The third-order valence-electron chi connectivity index (χ3n) is 4.41. The van der Waals surface area contributed by atoms with Gasteiger partial charge < -0.3 is 14.2 Å². The molecule has 0 saturated heterocycles. The predicted molar refractivity (Wildman–Crippen MR) is 114 cm³/mol. The number of benzene rings is 3. The summed E-state index contributed by atoms with van der Waals surface area (Å²) in [6, 6.07) is 23.2. The number of Topliss-reactive ketones (excluding diaryl/α,β-unsaturated/α-hetero) is 1. The summed E-state index contributed by atoms with van der Waals surface area (Å²) >= 11 is 0. The highest BCUT2D eigenvalue weighted by Gasteiger charge is 2.11. The Morgan fingerprint density at radius 2 is 1.55 bits per heavy atom. The molecule has 0 N–H and O–H groups in total. The van der Waals surface area contributed by atoms with Gasteiger partial charge in [-0.1, -0.05) is 54.1 Å². The van der Waals surface area contributed by atoms with Crippen molar-refractivity contribution in [1.82, 2.24) is 0 Å². The van der Waals surface area contributed by atoms with Crippen molar-refractivity contribution in [1.29, 1.82) is 0 Å². The van der Waals surface area contributed by atoms with E-state index in [1.807, 2.05) is 79.7 Å². The van der Waals surface area contributed by atoms with Gasteiger partial charge in [-0.15, -0.1) is 0 Å². The molecule has 0 unspecified atom stereocenters. The van der Waals surface area contributed by atoms with Gasteiger partial charge in [0, 0.05) is 20.0 Å². The molecule has 0 aliphatic heterocycles. The van der Waals surface area contributed by atoms with Crippen LogP contribution in [0.5, 0.6) is 17.2 Å². The molecule has 0 radical (unpaired) electrons. The van der Waals surface area contributed by atoms with E-state index in [1.165, 1.54) is 0 Å². The zero-order valence-electron chi connectivity index (χ0n) is 16.9. The third-order valence-corrected chi connectivity index (χ3v) is 4.41. The Bertz CT molecular complexity index is 935. The lowest BCUT2D eigenvalue weighted by molar-refractivity contribution is -0.117. The Kier molecular flexibility index (Phi) is 7.42. The summed E-state index contributed by atoms with van der Waals surface area (Å²) in [5.41, 5.74) is 3.10. The van der Waals surface area contributed by atoms with Crippen LogP contribution in [0, 0.1) is 6.92 Å². The molecule has 150 valence electrons. The van der Waals surface area contributed by atoms with E-state index < -0.39 is 0 Å². The zero-order chi connectivity index (χ0) is 20.5. The summed E-state index contributed by atoms with van der Waals surface area (Å²) in [6.07, 6.45) is 0.768. The van der Waals surface area contributed by atoms with Gasteiger partial charge in [-0.25, -0.2) is 0 Å². The number of methoxy groups -OCH3 is 1. The van der Waals surface area contributed by atoms with Crippen molar-refractivity contribution in [3.05, 3.63) is 89.5 Å². The third kappa shape index (κ3) is 6.47. The number of rotatable bonds is 10. The van der Waals surface area contributed by atoms with Gasteiger partial charge in [-0.2, -0.15) is 0 Å². The highest BCUT2D eigenvalue weighted by molar-refractivity contribution is 5.83. The summed E-state index contributed by atoms with van der Waals surface area (Å²) in [7, 11) is 1.63. The van der Waals surface area contributed by atoms with E-state index in [-0.39, 0.29) is 5.78 Å². The molecule has 0 spiro atoms. The van der Waals surface area contributed by atoms with Crippen molar-refractivity contribution in [2.45, 2.75) is 19.8 Å². The average molecular weight is 390 g/mol. The van der Waals surface area contributed by atoms with Crippen LogP contribution in [0.25, 0.3) is 0 Å². The Morgan fingerprint density at radius 3 is 2.28 bits per heavy atom. The molecule has 3 aromatic carbocycles. The average Bonchev–Trinajstić information content (AvgIpc) is 2.71. The lowest BCUT2D eigenvalue weighted by Crippen LogP contribution is -2.08. The van der Waals surface area contributed by atoms with Crippen molar-refractivity contribution in [3.63, 3.8) is 0 Å². The van der Waals surface area contributed by atoms with E-state index >= 15 is 0 Å². The first-order chi connectivity index (χ1) is 14.1. The van der Waals surface area contributed by atoms with Crippen LogP contribution >= 0.6 is 0 Å². The van der Waals surface area contributed by atoms with Gasteiger partial charge in [0.25, 0.3) is 0 Å². The standard InChI is InChI=1S/C25H26O4/c1-19-7-6-8-20(15-19)16-22(26)17-21-11-12-24(25(18-21)28-14-13-27-2)29-23-9-4-3-5-10-23/h3-12,15,18H,13-14,16-17H2,1-2H3. The maximum atomic E-state index is 12.5. The van der Waals surface area contributed by atoms with E-state index in [4.69, 9.17) is 14.2 Å². The fraction of sp³-hybridized carbons (Fsp3) is 0.240. The minimum absolute atomic E-state index is 0.162. The Morgan fingerprint density at radius 1 is 0.793 bits per heavy atom. The van der Waals surface area contributed by atoms with Gasteiger partial charge in [-0.3, -0.25) is 4.79 Å². The number of carbonyl (C=O) groups excluding carboxylic acids is 1. The number of ketones is 1. The van der Waals surface area contributed by atoms with E-state index in [9.17, 15) is 4.79 Å². The lowest BCUT2D eigenvalue weighted by atomic mass is 10.0. The molecule has 4 heteroatoms. The van der Waals surface area contributed by atoms with Crippen molar-refractivity contribution in [3.8, 4) is 17.2 Å². The van der Waals surface area contributed by atoms with E-state index in [2.05, 4.69) is 0 Å². The normalized spacial score (nSPS) is 10.6. The molecule has 0 heterocycles. The molecular formula is C25H26O4. The highest BCUT2D eigenvalue weighted by atomic mass is 16.5. The first-order valence-corrected chi connectivity index (χ1v) is 9.69. The van der Waals surface area contributed by atoms with Crippen molar-refractivity contribution in [2.75, 3.05) is 20.3 Å². The second-order valence-electron chi connectivity index (χ2n) is 6.92. The van der Waals surface area contributed by atoms with Gasteiger partial charge in [-0.05, 0) is 42.3 Å². The van der Waals surface area contributed by atoms with E-state index in [0.29, 0.717) is 37.6 Å². The summed E-state index contributed by atoms with van der Waals surface area (Å²) in [5, 5.41) is 0. The quantitative estimate of drug-likeness (QED) is 0.448. The largest absolute Gasteiger partial charge is 0.487 e. The van der Waals surface area contributed by atoms with E-state index in [1.54, 1.807) is 7.11 Å². The monoisotopic (exact) mass is 390 g/mol. The molecule has 4 nitrogen and oxygen atoms in total. The Balaban J connectivity index is 1.72. The molecule has 3 aromatic rings. The molecule has 0 saturated carbocycles. The van der Waals surface area contributed by atoms with Crippen LogP contribution in [0.2, 0.25) is 0 Å². The van der Waals surface area contributed by atoms with Crippen LogP contribution in [-0.2, 0) is 22.4 Å². The van der Waals surface area contributed by atoms with Crippen molar-refractivity contribution < 1.29 is 19.0 Å². The molecule has 29 heavy (non-hydrogen) atoms. The minimum Gasteiger partial charge on any atom is -0.487 e. The summed E-state index contributed by atoms with van der Waals surface area (Å²) in [4.78, 5) is 12.5. The molecule has 0 aliphatic rings. The Labute approximate surface area is 172 Å². The molecular weight excluding hydrogens is 364 g/mol. The predicted octanol–water partition coefficient (Wildman–Crippen LogP) is 5.17. The van der Waals surface area contributed by atoms with E-state index in [0.717, 1.165) is 22.4 Å². The molecule has 0 atom stereocenters. The van der Waals surface area contributed by atoms with Crippen LogP contribution in [0.1, 0.15) is 16.7 Å². The van der Waals surface area contributed by atoms with Crippen LogP contribution < -0.4 is 9.47 Å². The zero-order valence-corrected chi connectivity index (χ0v) is 16.9. The second-order valence-corrected chi connectivity index (χ2v) is 6.92. The fourth-order valence-electron chi connectivity index (χ4n) is 3.05. The van der Waals surface area contributed by atoms with Crippen LogP contribution in [0.15, 0.2) is 72.8 Å². The summed E-state index contributed by atoms with van der Waals surface area (Å²) in [5.74, 6) is 2.11. The van der Waals surface area contributed by atoms with Crippen molar-refractivity contribution >= 4 is 5.78 Å². The number of para-hydroxylation sites is 1. The topological polar surface area (TPSA) is 44.8 Å². The Hall–Kier alpha value is -3.11. The van der Waals surface area contributed by atoms with Crippen LogP contribution in [0.3, 0.4) is 0 Å². The first-order valence-electron chi connectivity index (χ1n) is 9.69. The summed E-state index contributed by atoms with van der Waals surface area (Å²) in [6.45, 7) is 2.91. The fourth-order valence-corrected chi connectivity index (χ4v) is 3.05. The van der Waals surface area contributed by atoms with Crippen LogP contribution in [-0.4, -0.2) is 26.1 Å². The summed E-state index contributed by atoms with van der Waals surface area (Å²) < 4.78 is 16.9. The van der Waals surface area contributed by atoms with Gasteiger partial charge in [0.05, 0.1) is 6.61 Å². The molecule has 0 bridgehead atoms. The lowest BCUT2D eigenvalue weighted by Gasteiger charge is -2.14. The molecule has 0 aliphatic carbocycles. The van der Waals surface area contributed by atoms with Crippen molar-refractivity contribution in [2.24, 2.45) is 0 Å². The molecule has 0 fully saturated rings. The molecule has 0 aromatic heterocycles. The van der Waals surface area contributed by atoms with Gasteiger partial charge in [0.15, 0.2) is 11.5 Å². The highest BCUT2D eigenvalue weighted by Crippen LogP contribution is 2.32. The molecule has 0 amide bonds. The minimum atomic E-state index is 0.162. The number of hydrogen-bond donors (Lipinski definition) is 0. The SMILES string of the molecule is COCCOc1cc(CC(=O)Cc2cccc(C)c2)ccc1Oc1ccccc1. The van der Waals surface area contributed by atoms with Crippen LogP contribution in [0.4, 0.5) is 0 Å². The van der Waals surface area contributed by atoms with Gasteiger partial charge in [0.2, 0.25) is 0 Å². The number of ether oxygens (including phenoxy) is 3. The second kappa shape index (κ2) is 10.4. The smallest absolute Gasteiger partial charge is 0.169 e. The van der Waals surface area contributed by atoms with Gasteiger partial charge >= 0.3 is 0 Å². The molecule has 3 rings (SSSR count). The number of carbonyl (C=O) groups is 1. The number of hydrogen-bond acceptors (Lipinski definition) is 4. The maximum absolute atomic E-state index is 12.5.